The summed E-state index contributed by atoms with van der Waals surface area (Å²) in [4.78, 5) is 22.9. The lowest BCUT2D eigenvalue weighted by Gasteiger charge is -2.10. The van der Waals surface area contributed by atoms with Crippen LogP contribution in [0.2, 0.25) is 0 Å². The van der Waals surface area contributed by atoms with E-state index in [2.05, 4.69) is 5.32 Å². The minimum Gasteiger partial charge on any atom is -0.497 e. The van der Waals surface area contributed by atoms with Crippen molar-refractivity contribution < 1.29 is 27.5 Å². The van der Waals surface area contributed by atoms with E-state index in [1.165, 1.54) is 31.4 Å². The first kappa shape index (κ1) is 18.3. The fourth-order valence-corrected chi connectivity index (χ4v) is 2.01. The third-order valence-electron chi connectivity index (χ3n) is 3.19. The van der Waals surface area contributed by atoms with Gasteiger partial charge in [-0.1, -0.05) is 18.2 Å². The monoisotopic (exact) mass is 352 g/mol. The molecule has 5 nitrogen and oxygen atoms in total. The number of rotatable bonds is 5. The van der Waals surface area contributed by atoms with Crippen LogP contribution in [0.15, 0.2) is 48.5 Å². The molecule has 2 aromatic rings. The minimum atomic E-state index is -4.98. The van der Waals surface area contributed by atoms with Gasteiger partial charge in [-0.3, -0.25) is 9.59 Å². The smallest absolute Gasteiger partial charge is 0.471 e. The van der Waals surface area contributed by atoms with Crippen LogP contribution < -0.4 is 15.4 Å². The Morgan fingerprint density at radius 2 is 1.60 bits per heavy atom. The third-order valence-corrected chi connectivity index (χ3v) is 3.19. The summed E-state index contributed by atoms with van der Waals surface area (Å²) in [6, 6.07) is 12.4. The molecule has 8 heteroatoms. The third kappa shape index (κ3) is 5.52. The van der Waals surface area contributed by atoms with Crippen LogP contribution in [0.3, 0.4) is 0 Å². The van der Waals surface area contributed by atoms with Gasteiger partial charge in [-0.25, -0.2) is 0 Å². The molecule has 0 spiro atoms. The zero-order valence-electron chi connectivity index (χ0n) is 13.2. The quantitative estimate of drug-likeness (QED) is 0.867. The van der Waals surface area contributed by atoms with E-state index in [1.54, 1.807) is 29.6 Å². The molecule has 0 fully saturated rings. The van der Waals surface area contributed by atoms with Crippen molar-refractivity contribution in [3.8, 4) is 5.75 Å². The molecule has 0 saturated heterocycles. The zero-order chi connectivity index (χ0) is 18.4. The highest BCUT2D eigenvalue weighted by Gasteiger charge is 2.38. The van der Waals surface area contributed by atoms with E-state index in [0.29, 0.717) is 5.75 Å². The number of carbonyl (C=O) groups is 2. The summed E-state index contributed by atoms with van der Waals surface area (Å²) < 4.78 is 41.8. The molecule has 2 aromatic carbocycles. The summed E-state index contributed by atoms with van der Waals surface area (Å²) in [5.41, 5.74) is 0.961. The van der Waals surface area contributed by atoms with Gasteiger partial charge in [0.1, 0.15) is 5.75 Å². The maximum atomic E-state index is 12.3. The number of ether oxygens (including phenoxy) is 1. The first-order valence-corrected chi connectivity index (χ1v) is 7.19. The molecule has 0 unspecified atom stereocenters. The lowest BCUT2D eigenvalue weighted by Crippen LogP contribution is -2.29. The SMILES string of the molecule is COc1ccc(CC(=O)Nc2cccc(NC(=O)C(F)(F)F)c2)cc1. The van der Waals surface area contributed by atoms with Crippen molar-refractivity contribution in [2.45, 2.75) is 12.6 Å². The van der Waals surface area contributed by atoms with Crippen LogP contribution in [0, 0.1) is 0 Å². The summed E-state index contributed by atoms with van der Waals surface area (Å²) in [6.45, 7) is 0. The van der Waals surface area contributed by atoms with Crippen LogP contribution in [0.4, 0.5) is 24.5 Å². The molecule has 0 aliphatic carbocycles. The number of anilines is 2. The van der Waals surface area contributed by atoms with E-state index in [1.807, 2.05) is 0 Å². The number of halogens is 3. The second kappa shape index (κ2) is 7.69. The molecular weight excluding hydrogens is 337 g/mol. The van der Waals surface area contributed by atoms with Crippen molar-refractivity contribution in [2.24, 2.45) is 0 Å². The fraction of sp³-hybridized carbons (Fsp3) is 0.176. The first-order valence-electron chi connectivity index (χ1n) is 7.19. The fourth-order valence-electron chi connectivity index (χ4n) is 2.01. The molecule has 25 heavy (non-hydrogen) atoms. The van der Waals surface area contributed by atoms with Crippen molar-refractivity contribution in [3.63, 3.8) is 0 Å². The van der Waals surface area contributed by atoms with Crippen LogP contribution in [0.1, 0.15) is 5.56 Å². The predicted molar refractivity (Wildman–Crippen MR) is 86.5 cm³/mol. The van der Waals surface area contributed by atoms with Gasteiger partial charge in [0.2, 0.25) is 5.91 Å². The average molecular weight is 352 g/mol. The van der Waals surface area contributed by atoms with Crippen LogP contribution in [0.5, 0.6) is 5.75 Å². The highest BCUT2D eigenvalue weighted by atomic mass is 19.4. The van der Waals surface area contributed by atoms with Gasteiger partial charge < -0.3 is 15.4 Å². The Morgan fingerprint density at radius 1 is 1.00 bits per heavy atom. The molecule has 0 atom stereocenters. The van der Waals surface area contributed by atoms with Gasteiger partial charge in [-0.15, -0.1) is 0 Å². The lowest BCUT2D eigenvalue weighted by atomic mass is 10.1. The second-order valence-corrected chi connectivity index (χ2v) is 5.11. The highest BCUT2D eigenvalue weighted by molar-refractivity contribution is 5.96. The van der Waals surface area contributed by atoms with Gasteiger partial charge in [0, 0.05) is 11.4 Å². The van der Waals surface area contributed by atoms with Crippen molar-refractivity contribution in [1.29, 1.82) is 0 Å². The maximum absolute atomic E-state index is 12.3. The molecule has 0 bridgehead atoms. The van der Waals surface area contributed by atoms with E-state index >= 15 is 0 Å². The Bertz CT molecular complexity index is 758. The Labute approximate surface area is 141 Å². The number of methoxy groups -OCH3 is 1. The van der Waals surface area contributed by atoms with Crippen molar-refractivity contribution in [1.82, 2.24) is 0 Å². The summed E-state index contributed by atoms with van der Waals surface area (Å²) in [5, 5.41) is 4.30. The lowest BCUT2D eigenvalue weighted by molar-refractivity contribution is -0.167. The van der Waals surface area contributed by atoms with E-state index in [0.717, 1.165) is 5.56 Å². The number of benzene rings is 2. The first-order chi connectivity index (χ1) is 11.8. The number of amides is 2. The van der Waals surface area contributed by atoms with E-state index in [9.17, 15) is 22.8 Å². The summed E-state index contributed by atoms with van der Waals surface area (Å²) >= 11 is 0. The largest absolute Gasteiger partial charge is 0.497 e. The molecule has 0 aliphatic heterocycles. The van der Waals surface area contributed by atoms with Gasteiger partial charge in [-0.2, -0.15) is 13.2 Å². The van der Waals surface area contributed by atoms with Gasteiger partial charge >= 0.3 is 12.1 Å². The highest BCUT2D eigenvalue weighted by Crippen LogP contribution is 2.20. The molecule has 2 amide bonds. The summed E-state index contributed by atoms with van der Waals surface area (Å²) in [6.07, 6.45) is -4.89. The number of alkyl halides is 3. The molecule has 0 aliphatic rings. The summed E-state index contributed by atoms with van der Waals surface area (Å²) in [7, 11) is 1.53. The zero-order valence-corrected chi connectivity index (χ0v) is 13.2. The van der Waals surface area contributed by atoms with Crippen molar-refractivity contribution >= 4 is 23.2 Å². The Kier molecular flexibility index (Phi) is 5.63. The molecular formula is C17H15F3N2O3. The molecule has 2 N–H and O–H groups in total. The number of carbonyl (C=O) groups excluding carboxylic acids is 2. The molecule has 0 radical (unpaired) electrons. The van der Waals surface area contributed by atoms with E-state index in [4.69, 9.17) is 4.74 Å². The van der Waals surface area contributed by atoms with Gasteiger partial charge in [0.15, 0.2) is 0 Å². The Balaban J connectivity index is 1.98. The maximum Gasteiger partial charge on any atom is 0.471 e. The standard InChI is InChI=1S/C17H15F3N2O3/c1-25-14-7-5-11(6-8-14)9-15(23)21-12-3-2-4-13(10-12)22-16(24)17(18,19)20/h2-8,10H,9H2,1H3,(H,21,23)(H,22,24). The number of nitrogens with one attached hydrogen (secondary N) is 2. The average Bonchev–Trinajstić information content (AvgIpc) is 2.55. The Morgan fingerprint density at radius 3 is 2.16 bits per heavy atom. The van der Waals surface area contributed by atoms with E-state index in [-0.39, 0.29) is 23.7 Å². The van der Waals surface area contributed by atoms with Crippen LogP contribution in [0.25, 0.3) is 0 Å². The van der Waals surface area contributed by atoms with Crippen LogP contribution in [-0.2, 0) is 16.0 Å². The van der Waals surface area contributed by atoms with Crippen molar-refractivity contribution in [2.75, 3.05) is 17.7 Å². The minimum absolute atomic E-state index is 0.0652. The molecule has 2 rings (SSSR count). The normalized spacial score (nSPS) is 10.9. The Hall–Kier alpha value is -3.03. The summed E-state index contributed by atoms with van der Waals surface area (Å²) in [5.74, 6) is -1.75. The number of hydrogen-bond acceptors (Lipinski definition) is 3. The van der Waals surface area contributed by atoms with E-state index < -0.39 is 12.1 Å². The van der Waals surface area contributed by atoms with Crippen LogP contribution in [-0.4, -0.2) is 25.1 Å². The van der Waals surface area contributed by atoms with Gasteiger partial charge in [0.05, 0.1) is 13.5 Å². The topological polar surface area (TPSA) is 67.4 Å². The molecule has 0 heterocycles. The van der Waals surface area contributed by atoms with Crippen LogP contribution >= 0.6 is 0 Å². The molecule has 0 aromatic heterocycles. The predicted octanol–water partition coefficient (Wildman–Crippen LogP) is 3.38. The second-order valence-electron chi connectivity index (χ2n) is 5.11. The number of hydrogen-bond donors (Lipinski definition) is 2. The molecule has 132 valence electrons. The van der Waals surface area contributed by atoms with Gasteiger partial charge in [-0.05, 0) is 35.9 Å². The van der Waals surface area contributed by atoms with Crippen molar-refractivity contribution in [3.05, 3.63) is 54.1 Å². The molecule has 0 saturated carbocycles. The van der Waals surface area contributed by atoms with Gasteiger partial charge in [0.25, 0.3) is 0 Å².